The number of hydrogen-bond acceptors (Lipinski definition) is 3. The zero-order valence-electron chi connectivity index (χ0n) is 14.1. The topological polar surface area (TPSA) is 35.5 Å². The van der Waals surface area contributed by atoms with Crippen LogP contribution in [0.1, 0.15) is 15.9 Å². The third-order valence-corrected chi connectivity index (χ3v) is 4.84. The van der Waals surface area contributed by atoms with Gasteiger partial charge in [0, 0.05) is 11.4 Å². The summed E-state index contributed by atoms with van der Waals surface area (Å²) >= 11 is 15.3. The molecule has 0 unspecified atom stereocenters. The third-order valence-electron chi connectivity index (χ3n) is 3.75. The molecule has 3 nitrogen and oxygen atoms in total. The van der Waals surface area contributed by atoms with Gasteiger partial charge in [-0.1, -0.05) is 53.5 Å². The van der Waals surface area contributed by atoms with Gasteiger partial charge in [0.2, 0.25) is 0 Å². The summed E-state index contributed by atoms with van der Waals surface area (Å²) in [5.41, 5.74) is 1.60. The molecule has 0 aliphatic carbocycles. The van der Waals surface area contributed by atoms with Crippen LogP contribution in [0.25, 0.3) is 0 Å². The lowest BCUT2D eigenvalue weighted by Crippen LogP contribution is -2.09. The van der Waals surface area contributed by atoms with Gasteiger partial charge in [-0.2, -0.15) is 0 Å². The minimum absolute atomic E-state index is 0.231. The van der Waals surface area contributed by atoms with Crippen LogP contribution in [0, 0.1) is 0 Å². The van der Waals surface area contributed by atoms with Gasteiger partial charge >= 0.3 is 5.97 Å². The molecule has 0 spiro atoms. The lowest BCUT2D eigenvalue weighted by Gasteiger charge is -2.10. The van der Waals surface area contributed by atoms with E-state index in [0.717, 1.165) is 6.42 Å². The molecule has 0 aliphatic heterocycles. The van der Waals surface area contributed by atoms with Crippen molar-refractivity contribution in [3.63, 3.8) is 0 Å². The van der Waals surface area contributed by atoms with Gasteiger partial charge in [0.1, 0.15) is 5.75 Å². The molecular weight excluding hydrogens is 451 g/mol. The molecule has 3 rings (SSSR count). The minimum Gasteiger partial charge on any atom is -0.493 e. The van der Waals surface area contributed by atoms with Gasteiger partial charge in [-0.25, -0.2) is 4.79 Å². The van der Waals surface area contributed by atoms with E-state index in [1.165, 1.54) is 11.6 Å². The standard InChI is InChI=1S/C21H15BrCl2O3/c22-18-12-16(23)13-19(24)20(18)27-21(25)15-6-8-17(9-7-15)26-11-10-14-4-2-1-3-5-14/h1-9,12-13H,10-11H2. The van der Waals surface area contributed by atoms with Crippen molar-refractivity contribution in [1.29, 1.82) is 0 Å². The van der Waals surface area contributed by atoms with Crippen molar-refractivity contribution in [1.82, 2.24) is 0 Å². The van der Waals surface area contributed by atoms with Crippen LogP contribution in [0.15, 0.2) is 71.2 Å². The van der Waals surface area contributed by atoms with Crippen LogP contribution in [0.3, 0.4) is 0 Å². The predicted octanol–water partition coefficient (Wildman–Crippen LogP) is 6.60. The second kappa shape index (κ2) is 9.27. The van der Waals surface area contributed by atoms with E-state index in [9.17, 15) is 4.79 Å². The maximum atomic E-state index is 12.3. The van der Waals surface area contributed by atoms with E-state index in [-0.39, 0.29) is 10.8 Å². The average Bonchev–Trinajstić information content (AvgIpc) is 2.66. The predicted molar refractivity (Wildman–Crippen MR) is 111 cm³/mol. The van der Waals surface area contributed by atoms with E-state index in [1.807, 2.05) is 18.2 Å². The Morgan fingerprint density at radius 2 is 1.67 bits per heavy atom. The van der Waals surface area contributed by atoms with Crippen LogP contribution >= 0.6 is 39.1 Å². The molecule has 3 aromatic rings. The van der Waals surface area contributed by atoms with E-state index in [0.29, 0.717) is 27.4 Å². The van der Waals surface area contributed by atoms with Crippen LogP contribution < -0.4 is 9.47 Å². The highest BCUT2D eigenvalue weighted by Crippen LogP contribution is 2.36. The summed E-state index contributed by atoms with van der Waals surface area (Å²) < 4.78 is 11.6. The summed E-state index contributed by atoms with van der Waals surface area (Å²) in [6.45, 7) is 0.557. The summed E-state index contributed by atoms with van der Waals surface area (Å²) in [6.07, 6.45) is 0.813. The zero-order valence-corrected chi connectivity index (χ0v) is 17.2. The molecule has 0 heterocycles. The highest BCUT2D eigenvalue weighted by atomic mass is 79.9. The quantitative estimate of drug-likeness (QED) is 0.304. The highest BCUT2D eigenvalue weighted by molar-refractivity contribution is 9.10. The van der Waals surface area contributed by atoms with Crippen LogP contribution in [0.4, 0.5) is 0 Å². The molecule has 0 aromatic heterocycles. The fraction of sp³-hybridized carbons (Fsp3) is 0.0952. The van der Waals surface area contributed by atoms with Crippen molar-refractivity contribution in [3.05, 3.63) is 92.4 Å². The first kappa shape index (κ1) is 19.7. The van der Waals surface area contributed by atoms with Crippen LogP contribution in [-0.4, -0.2) is 12.6 Å². The molecular formula is C21H15BrCl2O3. The van der Waals surface area contributed by atoms with Crippen LogP contribution in [-0.2, 0) is 6.42 Å². The van der Waals surface area contributed by atoms with Gasteiger partial charge in [-0.15, -0.1) is 0 Å². The van der Waals surface area contributed by atoms with E-state index in [1.54, 1.807) is 30.3 Å². The number of carbonyl (C=O) groups excluding carboxylic acids is 1. The van der Waals surface area contributed by atoms with Crippen molar-refractivity contribution >= 4 is 45.1 Å². The van der Waals surface area contributed by atoms with Gasteiger partial charge in [0.15, 0.2) is 5.75 Å². The largest absolute Gasteiger partial charge is 0.493 e. The monoisotopic (exact) mass is 464 g/mol. The first-order valence-corrected chi connectivity index (χ1v) is 9.71. The fourth-order valence-electron chi connectivity index (χ4n) is 2.40. The van der Waals surface area contributed by atoms with Gasteiger partial charge in [0.05, 0.1) is 21.7 Å². The molecule has 0 fully saturated rings. The number of carbonyl (C=O) groups is 1. The van der Waals surface area contributed by atoms with Crippen molar-refractivity contribution in [2.45, 2.75) is 6.42 Å². The summed E-state index contributed by atoms with van der Waals surface area (Å²) in [6, 6.07) is 20.0. The molecule has 6 heteroatoms. The number of rotatable bonds is 6. The SMILES string of the molecule is O=C(Oc1c(Cl)cc(Cl)cc1Br)c1ccc(OCCc2ccccc2)cc1. The molecule has 0 saturated carbocycles. The summed E-state index contributed by atoms with van der Waals surface area (Å²) in [5.74, 6) is 0.401. The molecule has 0 radical (unpaired) electrons. The number of ether oxygens (including phenoxy) is 2. The van der Waals surface area contributed by atoms with Crippen molar-refractivity contribution in [2.75, 3.05) is 6.61 Å². The summed E-state index contributed by atoms with van der Waals surface area (Å²) in [7, 11) is 0. The Bertz CT molecular complexity index is 905. The van der Waals surface area contributed by atoms with Crippen molar-refractivity contribution in [2.24, 2.45) is 0 Å². The Balaban J connectivity index is 1.59. The van der Waals surface area contributed by atoms with Gasteiger partial charge in [-0.05, 0) is 57.9 Å². The molecule has 0 saturated heterocycles. The van der Waals surface area contributed by atoms with Crippen molar-refractivity contribution < 1.29 is 14.3 Å². The second-order valence-electron chi connectivity index (χ2n) is 5.70. The normalized spacial score (nSPS) is 10.5. The van der Waals surface area contributed by atoms with E-state index in [4.69, 9.17) is 32.7 Å². The average molecular weight is 466 g/mol. The Kier molecular flexibility index (Phi) is 6.78. The van der Waals surface area contributed by atoms with E-state index < -0.39 is 5.97 Å². The van der Waals surface area contributed by atoms with Crippen LogP contribution in [0.5, 0.6) is 11.5 Å². The first-order valence-electron chi connectivity index (χ1n) is 8.16. The zero-order chi connectivity index (χ0) is 19.2. The molecule has 0 atom stereocenters. The molecule has 0 amide bonds. The third kappa shape index (κ3) is 5.48. The van der Waals surface area contributed by atoms with Crippen molar-refractivity contribution in [3.8, 4) is 11.5 Å². The maximum absolute atomic E-state index is 12.3. The summed E-state index contributed by atoms with van der Waals surface area (Å²) in [4.78, 5) is 12.3. The molecule has 0 bridgehead atoms. The number of esters is 1. The molecule has 0 aliphatic rings. The molecule has 0 N–H and O–H groups in total. The fourth-order valence-corrected chi connectivity index (χ4v) is 3.72. The number of benzene rings is 3. The van der Waals surface area contributed by atoms with Gasteiger partial charge in [0.25, 0.3) is 0 Å². The lowest BCUT2D eigenvalue weighted by atomic mass is 10.2. The Labute approximate surface area is 176 Å². The minimum atomic E-state index is -0.518. The maximum Gasteiger partial charge on any atom is 0.343 e. The van der Waals surface area contributed by atoms with E-state index >= 15 is 0 Å². The first-order chi connectivity index (χ1) is 13.0. The highest BCUT2D eigenvalue weighted by Gasteiger charge is 2.15. The molecule has 27 heavy (non-hydrogen) atoms. The Morgan fingerprint density at radius 3 is 2.33 bits per heavy atom. The van der Waals surface area contributed by atoms with Gasteiger partial charge < -0.3 is 9.47 Å². The van der Waals surface area contributed by atoms with Crippen LogP contribution in [0.2, 0.25) is 10.0 Å². The summed E-state index contributed by atoms with van der Waals surface area (Å²) in [5, 5.41) is 0.701. The smallest absolute Gasteiger partial charge is 0.343 e. The Hall–Kier alpha value is -2.01. The lowest BCUT2D eigenvalue weighted by molar-refractivity contribution is 0.0733. The second-order valence-corrected chi connectivity index (χ2v) is 7.39. The van der Waals surface area contributed by atoms with Gasteiger partial charge in [-0.3, -0.25) is 0 Å². The number of hydrogen-bond donors (Lipinski definition) is 0. The van der Waals surface area contributed by atoms with E-state index in [2.05, 4.69) is 28.1 Å². The number of halogens is 3. The Morgan fingerprint density at radius 1 is 0.963 bits per heavy atom. The molecule has 138 valence electrons. The molecule has 3 aromatic carbocycles.